The maximum Gasteiger partial charge on any atom is 0.410 e. The van der Waals surface area contributed by atoms with Gasteiger partial charge in [-0.15, -0.1) is 0 Å². The second kappa shape index (κ2) is 6.74. The topological polar surface area (TPSA) is 83.0 Å². The molecule has 126 valence electrons. The molecule has 0 aromatic carbocycles. The van der Waals surface area contributed by atoms with Gasteiger partial charge in [0.05, 0.1) is 5.56 Å². The van der Waals surface area contributed by atoms with Crippen LogP contribution in [-0.2, 0) is 4.74 Å². The summed E-state index contributed by atoms with van der Waals surface area (Å²) < 4.78 is 5.83. The van der Waals surface area contributed by atoms with Crippen LogP contribution in [0.2, 0.25) is 0 Å². The van der Waals surface area contributed by atoms with Gasteiger partial charge in [-0.2, -0.15) is 0 Å². The number of hydrogen-bond acceptors (Lipinski definition) is 5. The van der Waals surface area contributed by atoms with Crippen molar-refractivity contribution in [3.63, 3.8) is 0 Å². The molecule has 23 heavy (non-hydrogen) atoms. The van der Waals surface area contributed by atoms with Gasteiger partial charge < -0.3 is 19.6 Å². The van der Waals surface area contributed by atoms with Crippen molar-refractivity contribution in [1.29, 1.82) is 0 Å². The van der Waals surface area contributed by atoms with Crippen molar-refractivity contribution >= 4 is 33.8 Å². The van der Waals surface area contributed by atoms with E-state index < -0.39 is 11.6 Å². The van der Waals surface area contributed by atoms with Crippen molar-refractivity contribution in [2.24, 2.45) is 0 Å². The molecule has 0 bridgehead atoms. The zero-order chi connectivity index (χ0) is 17.2. The number of aromatic carboxylic acids is 1. The number of carbonyl (C=O) groups excluding carboxylic acids is 1. The number of piperazine rings is 1. The number of halogens is 1. The zero-order valence-electron chi connectivity index (χ0n) is 13.4. The third kappa shape index (κ3) is 4.82. The molecule has 1 amide bonds. The van der Waals surface area contributed by atoms with Gasteiger partial charge >= 0.3 is 12.1 Å². The lowest BCUT2D eigenvalue weighted by atomic mass is 10.2. The van der Waals surface area contributed by atoms with Gasteiger partial charge in [0.15, 0.2) is 0 Å². The molecule has 1 N–H and O–H groups in total. The van der Waals surface area contributed by atoms with E-state index in [4.69, 9.17) is 9.84 Å². The number of carboxylic acids is 1. The first-order chi connectivity index (χ1) is 10.7. The summed E-state index contributed by atoms with van der Waals surface area (Å²) in [5.41, 5.74) is -0.340. The second-order valence-corrected chi connectivity index (χ2v) is 7.11. The van der Waals surface area contributed by atoms with Crippen LogP contribution < -0.4 is 4.90 Å². The predicted molar refractivity (Wildman–Crippen MR) is 88.9 cm³/mol. The molecule has 0 radical (unpaired) electrons. The van der Waals surface area contributed by atoms with Gasteiger partial charge in [0.1, 0.15) is 16.0 Å². The Bertz CT molecular complexity index is 607. The molecule has 7 nitrogen and oxygen atoms in total. The van der Waals surface area contributed by atoms with E-state index in [1.165, 1.54) is 12.1 Å². The fraction of sp³-hybridized carbons (Fsp3) is 0.533. The van der Waals surface area contributed by atoms with E-state index in [0.717, 1.165) is 0 Å². The number of amides is 1. The van der Waals surface area contributed by atoms with Crippen molar-refractivity contribution in [2.75, 3.05) is 31.1 Å². The van der Waals surface area contributed by atoms with Gasteiger partial charge in [-0.25, -0.2) is 14.6 Å². The van der Waals surface area contributed by atoms with Gasteiger partial charge in [0.25, 0.3) is 0 Å². The molecule has 1 aromatic rings. The number of hydrogen-bond donors (Lipinski definition) is 1. The fourth-order valence-electron chi connectivity index (χ4n) is 2.21. The summed E-state index contributed by atoms with van der Waals surface area (Å²) in [6.45, 7) is 7.65. The van der Waals surface area contributed by atoms with Crippen LogP contribution in [0.25, 0.3) is 0 Å². The maximum atomic E-state index is 12.0. The minimum Gasteiger partial charge on any atom is -0.478 e. The number of pyridine rings is 1. The third-order valence-electron chi connectivity index (χ3n) is 3.28. The maximum absolute atomic E-state index is 12.0. The van der Waals surface area contributed by atoms with E-state index in [1.54, 1.807) is 4.90 Å². The summed E-state index contributed by atoms with van der Waals surface area (Å²) in [6, 6.07) is 3.00. The molecule has 2 heterocycles. The SMILES string of the molecule is CC(C)(C)OC(=O)N1CCN(c2cc(C(=O)O)cc(Br)n2)CC1. The molecule has 1 saturated heterocycles. The number of anilines is 1. The molecule has 0 saturated carbocycles. The number of rotatable bonds is 2. The Morgan fingerprint density at radius 1 is 1.22 bits per heavy atom. The quantitative estimate of drug-likeness (QED) is 0.787. The van der Waals surface area contributed by atoms with Gasteiger partial charge in [-0.3, -0.25) is 0 Å². The van der Waals surface area contributed by atoms with Crippen LogP contribution in [0.3, 0.4) is 0 Å². The molecule has 0 spiro atoms. The first kappa shape index (κ1) is 17.5. The summed E-state index contributed by atoms with van der Waals surface area (Å²) >= 11 is 3.23. The third-order valence-corrected chi connectivity index (χ3v) is 3.69. The fourth-order valence-corrected chi connectivity index (χ4v) is 2.64. The highest BCUT2D eigenvalue weighted by Crippen LogP contribution is 2.21. The van der Waals surface area contributed by atoms with Crippen LogP contribution >= 0.6 is 15.9 Å². The summed E-state index contributed by atoms with van der Waals surface area (Å²) in [7, 11) is 0. The highest BCUT2D eigenvalue weighted by Gasteiger charge is 2.26. The second-order valence-electron chi connectivity index (χ2n) is 6.30. The van der Waals surface area contributed by atoms with Gasteiger partial charge in [0.2, 0.25) is 0 Å². The molecule has 2 rings (SSSR count). The highest BCUT2D eigenvalue weighted by atomic mass is 79.9. The molecule has 1 fully saturated rings. The number of carboxylic acid groups (broad SMARTS) is 1. The van der Waals surface area contributed by atoms with Crippen LogP contribution in [0.1, 0.15) is 31.1 Å². The van der Waals surface area contributed by atoms with Crippen LogP contribution in [0.5, 0.6) is 0 Å². The predicted octanol–water partition coefficient (Wildman–Crippen LogP) is 2.60. The molecule has 0 aliphatic carbocycles. The molecule has 8 heteroatoms. The number of nitrogens with zero attached hydrogens (tertiary/aromatic N) is 3. The van der Waals surface area contributed by atoms with E-state index in [1.807, 2.05) is 25.7 Å². The Hall–Kier alpha value is -1.83. The van der Waals surface area contributed by atoms with E-state index in [9.17, 15) is 9.59 Å². The molecule has 0 unspecified atom stereocenters. The largest absolute Gasteiger partial charge is 0.478 e. The summed E-state index contributed by atoms with van der Waals surface area (Å²) in [5.74, 6) is -0.414. The minimum atomic E-state index is -0.998. The Labute approximate surface area is 143 Å². The highest BCUT2D eigenvalue weighted by molar-refractivity contribution is 9.10. The Morgan fingerprint density at radius 3 is 2.35 bits per heavy atom. The van der Waals surface area contributed by atoms with Crippen molar-refractivity contribution in [3.8, 4) is 0 Å². The standard InChI is InChI=1S/C15H20BrN3O4/c1-15(2,3)23-14(22)19-6-4-18(5-7-19)12-9-10(13(20)21)8-11(16)17-12/h8-9H,4-7H2,1-3H3,(H,20,21). The monoisotopic (exact) mass is 385 g/mol. The van der Waals surface area contributed by atoms with Crippen molar-refractivity contribution in [1.82, 2.24) is 9.88 Å². The van der Waals surface area contributed by atoms with E-state index in [2.05, 4.69) is 20.9 Å². The molecule has 1 aliphatic rings. The zero-order valence-corrected chi connectivity index (χ0v) is 15.0. The summed E-state index contributed by atoms with van der Waals surface area (Å²) in [6.07, 6.45) is -0.328. The number of ether oxygens (including phenoxy) is 1. The van der Waals surface area contributed by atoms with Crippen molar-refractivity contribution in [2.45, 2.75) is 26.4 Å². The van der Waals surface area contributed by atoms with Crippen molar-refractivity contribution < 1.29 is 19.4 Å². The van der Waals surface area contributed by atoms with E-state index in [-0.39, 0.29) is 11.7 Å². The van der Waals surface area contributed by atoms with E-state index in [0.29, 0.717) is 36.6 Å². The average Bonchev–Trinajstić information content (AvgIpc) is 2.45. The number of aromatic nitrogens is 1. The summed E-state index contributed by atoms with van der Waals surface area (Å²) in [4.78, 5) is 31.1. The van der Waals surface area contributed by atoms with Crippen LogP contribution in [0, 0.1) is 0 Å². The first-order valence-corrected chi connectivity index (χ1v) is 8.09. The van der Waals surface area contributed by atoms with Crippen LogP contribution in [0.4, 0.5) is 10.6 Å². The number of carbonyl (C=O) groups is 2. The molecular formula is C15H20BrN3O4. The lowest BCUT2D eigenvalue weighted by Gasteiger charge is -2.36. The van der Waals surface area contributed by atoms with Crippen molar-refractivity contribution in [3.05, 3.63) is 22.3 Å². The van der Waals surface area contributed by atoms with Crippen LogP contribution in [0.15, 0.2) is 16.7 Å². The molecular weight excluding hydrogens is 366 g/mol. The van der Waals surface area contributed by atoms with E-state index >= 15 is 0 Å². The first-order valence-electron chi connectivity index (χ1n) is 7.29. The Morgan fingerprint density at radius 2 is 1.83 bits per heavy atom. The average molecular weight is 386 g/mol. The van der Waals surface area contributed by atoms with Gasteiger partial charge in [-0.05, 0) is 48.8 Å². The lowest BCUT2D eigenvalue weighted by Crippen LogP contribution is -2.50. The Balaban J connectivity index is 2.02. The molecule has 0 atom stereocenters. The lowest BCUT2D eigenvalue weighted by molar-refractivity contribution is 0.0240. The molecule has 1 aliphatic heterocycles. The smallest absolute Gasteiger partial charge is 0.410 e. The minimum absolute atomic E-state index is 0.177. The van der Waals surface area contributed by atoms with Gasteiger partial charge in [-0.1, -0.05) is 0 Å². The summed E-state index contributed by atoms with van der Waals surface area (Å²) in [5, 5.41) is 9.12. The Kier molecular flexibility index (Phi) is 5.13. The van der Waals surface area contributed by atoms with Gasteiger partial charge in [0, 0.05) is 26.2 Å². The normalized spacial score (nSPS) is 15.5. The molecule has 1 aromatic heterocycles. The van der Waals surface area contributed by atoms with Crippen LogP contribution in [-0.4, -0.2) is 58.8 Å².